The molecule has 0 aromatic heterocycles. The number of carboxylic acids is 1. The number of carboxylic acid groups (broad SMARTS) is 1. The molecule has 17 heavy (non-hydrogen) atoms. The minimum atomic E-state index is -1.13. The number of rotatable bonds is 3. The summed E-state index contributed by atoms with van der Waals surface area (Å²) in [4.78, 5) is 22.3. The standard InChI is InChI=1S/C14H20O3/c1-9-6-5-7-14(3,4)12(9)8-11(10(2)15)13(16)17/h6,8,12H,5,7H2,1-4H3,(H,16,17)/b11-8-. The Morgan fingerprint density at radius 3 is 2.47 bits per heavy atom. The van der Waals surface area contributed by atoms with Gasteiger partial charge in [0, 0.05) is 5.92 Å². The third-order valence-electron chi connectivity index (χ3n) is 3.53. The molecule has 1 atom stereocenters. The van der Waals surface area contributed by atoms with Crippen LogP contribution in [0.3, 0.4) is 0 Å². The molecule has 1 aliphatic carbocycles. The van der Waals surface area contributed by atoms with Gasteiger partial charge in [-0.1, -0.05) is 31.6 Å². The second kappa shape index (κ2) is 4.86. The Kier molecular flexibility index (Phi) is 3.91. The highest BCUT2D eigenvalue weighted by molar-refractivity contribution is 6.15. The van der Waals surface area contributed by atoms with Gasteiger partial charge in [0.05, 0.1) is 5.57 Å². The molecule has 0 heterocycles. The molecule has 0 aromatic carbocycles. The summed E-state index contributed by atoms with van der Waals surface area (Å²) in [6.45, 7) is 7.53. The van der Waals surface area contributed by atoms with Crippen molar-refractivity contribution >= 4 is 11.8 Å². The van der Waals surface area contributed by atoms with Crippen molar-refractivity contribution in [1.82, 2.24) is 0 Å². The highest BCUT2D eigenvalue weighted by atomic mass is 16.4. The number of hydrogen-bond acceptors (Lipinski definition) is 2. The molecular weight excluding hydrogens is 216 g/mol. The zero-order valence-corrected chi connectivity index (χ0v) is 10.9. The summed E-state index contributed by atoms with van der Waals surface area (Å²) in [7, 11) is 0. The number of allylic oxidation sites excluding steroid dienone is 3. The van der Waals surface area contributed by atoms with Gasteiger partial charge in [-0.25, -0.2) is 4.79 Å². The molecule has 1 N–H and O–H groups in total. The fourth-order valence-electron chi connectivity index (χ4n) is 2.43. The molecular formula is C14H20O3. The highest BCUT2D eigenvalue weighted by Gasteiger charge is 2.32. The van der Waals surface area contributed by atoms with E-state index in [2.05, 4.69) is 19.9 Å². The quantitative estimate of drug-likeness (QED) is 0.355. The lowest BCUT2D eigenvalue weighted by atomic mass is 9.68. The van der Waals surface area contributed by atoms with Crippen LogP contribution in [0.1, 0.15) is 40.5 Å². The first-order valence-corrected chi connectivity index (χ1v) is 5.88. The van der Waals surface area contributed by atoms with Crippen molar-refractivity contribution in [3.05, 3.63) is 23.3 Å². The summed E-state index contributed by atoms with van der Waals surface area (Å²) in [5.74, 6) is -1.48. The molecule has 3 nitrogen and oxygen atoms in total. The first kappa shape index (κ1) is 13.7. The third kappa shape index (κ3) is 3.05. The predicted molar refractivity (Wildman–Crippen MR) is 66.7 cm³/mol. The predicted octanol–water partition coefficient (Wildman–Crippen LogP) is 2.97. The van der Waals surface area contributed by atoms with Gasteiger partial charge in [0.2, 0.25) is 0 Å². The molecule has 0 fully saturated rings. The number of Topliss-reactive ketones (excluding diaryl/α,β-unsaturated/α-hetero) is 1. The van der Waals surface area contributed by atoms with Crippen LogP contribution in [0.2, 0.25) is 0 Å². The van der Waals surface area contributed by atoms with Crippen molar-refractivity contribution in [2.24, 2.45) is 11.3 Å². The summed E-state index contributed by atoms with van der Waals surface area (Å²) >= 11 is 0. The lowest BCUT2D eigenvalue weighted by molar-refractivity contribution is -0.134. The topological polar surface area (TPSA) is 54.4 Å². The fourth-order valence-corrected chi connectivity index (χ4v) is 2.43. The summed E-state index contributed by atoms with van der Waals surface area (Å²) in [5, 5.41) is 9.02. The summed E-state index contributed by atoms with van der Waals surface area (Å²) in [5.41, 5.74) is 1.06. The van der Waals surface area contributed by atoms with Gasteiger partial charge < -0.3 is 5.11 Å². The molecule has 0 spiro atoms. The van der Waals surface area contributed by atoms with Crippen LogP contribution < -0.4 is 0 Å². The normalized spacial score (nSPS) is 24.1. The fraction of sp³-hybridized carbons (Fsp3) is 0.571. The molecule has 0 bridgehead atoms. The first-order valence-electron chi connectivity index (χ1n) is 5.88. The second-order valence-corrected chi connectivity index (χ2v) is 5.39. The average molecular weight is 236 g/mol. The SMILES string of the molecule is CC(=O)/C(=C/C1C(C)=CCCC1(C)C)C(=O)O. The molecule has 0 amide bonds. The molecule has 0 aromatic rings. The van der Waals surface area contributed by atoms with Crippen molar-refractivity contribution < 1.29 is 14.7 Å². The van der Waals surface area contributed by atoms with Crippen LogP contribution in [-0.2, 0) is 9.59 Å². The summed E-state index contributed by atoms with van der Waals surface area (Å²) in [6.07, 6.45) is 5.78. The van der Waals surface area contributed by atoms with Crippen LogP contribution in [0.4, 0.5) is 0 Å². The Balaban J connectivity index is 3.17. The largest absolute Gasteiger partial charge is 0.478 e. The van der Waals surface area contributed by atoms with E-state index in [-0.39, 0.29) is 22.7 Å². The first-order chi connectivity index (χ1) is 7.75. The molecule has 0 aliphatic heterocycles. The van der Waals surface area contributed by atoms with Crippen LogP contribution in [0, 0.1) is 11.3 Å². The Morgan fingerprint density at radius 2 is 2.06 bits per heavy atom. The second-order valence-electron chi connectivity index (χ2n) is 5.39. The smallest absolute Gasteiger partial charge is 0.339 e. The summed E-state index contributed by atoms with van der Waals surface area (Å²) < 4.78 is 0. The van der Waals surface area contributed by atoms with Gasteiger partial charge in [-0.3, -0.25) is 4.79 Å². The minimum absolute atomic E-state index is 0.00891. The van der Waals surface area contributed by atoms with Crippen LogP contribution in [0.15, 0.2) is 23.3 Å². The van der Waals surface area contributed by atoms with Gasteiger partial charge in [-0.15, -0.1) is 0 Å². The van der Waals surface area contributed by atoms with E-state index >= 15 is 0 Å². The van der Waals surface area contributed by atoms with Gasteiger partial charge >= 0.3 is 5.97 Å². The maximum Gasteiger partial charge on any atom is 0.339 e. The van der Waals surface area contributed by atoms with E-state index in [4.69, 9.17) is 5.11 Å². The van der Waals surface area contributed by atoms with Crippen molar-refractivity contribution in [3.8, 4) is 0 Å². The molecule has 1 aliphatic rings. The molecule has 1 unspecified atom stereocenters. The Bertz CT molecular complexity index is 384. The van der Waals surface area contributed by atoms with E-state index in [0.29, 0.717) is 0 Å². The number of ketones is 1. The Morgan fingerprint density at radius 1 is 1.47 bits per heavy atom. The van der Waals surface area contributed by atoms with Gasteiger partial charge in [0.15, 0.2) is 5.78 Å². The third-order valence-corrected chi connectivity index (χ3v) is 3.53. The number of aliphatic carboxylic acids is 1. The van der Waals surface area contributed by atoms with E-state index in [1.54, 1.807) is 6.08 Å². The Hall–Kier alpha value is -1.38. The molecule has 0 saturated carbocycles. The lowest BCUT2D eigenvalue weighted by Crippen LogP contribution is -2.27. The van der Waals surface area contributed by atoms with Gasteiger partial charge in [0.25, 0.3) is 0 Å². The molecule has 0 saturated heterocycles. The lowest BCUT2D eigenvalue weighted by Gasteiger charge is -2.36. The van der Waals surface area contributed by atoms with E-state index in [0.717, 1.165) is 18.4 Å². The zero-order valence-electron chi connectivity index (χ0n) is 10.9. The van der Waals surface area contributed by atoms with Crippen molar-refractivity contribution in [2.75, 3.05) is 0 Å². The highest BCUT2D eigenvalue weighted by Crippen LogP contribution is 2.42. The Labute approximate surface area is 102 Å². The minimum Gasteiger partial charge on any atom is -0.478 e. The monoisotopic (exact) mass is 236 g/mol. The van der Waals surface area contributed by atoms with Gasteiger partial charge in [0.1, 0.15) is 0 Å². The van der Waals surface area contributed by atoms with Gasteiger partial charge in [-0.05, 0) is 32.1 Å². The van der Waals surface area contributed by atoms with Crippen LogP contribution >= 0.6 is 0 Å². The molecule has 94 valence electrons. The maximum absolute atomic E-state index is 11.3. The summed E-state index contributed by atoms with van der Waals surface area (Å²) in [6, 6.07) is 0. The van der Waals surface area contributed by atoms with E-state index in [9.17, 15) is 9.59 Å². The zero-order chi connectivity index (χ0) is 13.2. The van der Waals surface area contributed by atoms with Crippen LogP contribution in [0.25, 0.3) is 0 Å². The molecule has 0 radical (unpaired) electrons. The van der Waals surface area contributed by atoms with Crippen LogP contribution in [0.5, 0.6) is 0 Å². The average Bonchev–Trinajstić information content (AvgIpc) is 2.14. The number of carbonyl (C=O) groups is 2. The van der Waals surface area contributed by atoms with Crippen molar-refractivity contribution in [2.45, 2.75) is 40.5 Å². The number of hydrogen-bond donors (Lipinski definition) is 1. The molecule has 3 heteroatoms. The van der Waals surface area contributed by atoms with Gasteiger partial charge in [-0.2, -0.15) is 0 Å². The molecule has 1 rings (SSSR count). The van der Waals surface area contributed by atoms with Crippen LogP contribution in [-0.4, -0.2) is 16.9 Å². The van der Waals surface area contributed by atoms with Crippen molar-refractivity contribution in [1.29, 1.82) is 0 Å². The maximum atomic E-state index is 11.3. The van der Waals surface area contributed by atoms with E-state index in [1.165, 1.54) is 6.92 Å². The number of carbonyl (C=O) groups excluding carboxylic acids is 1. The van der Waals surface area contributed by atoms with E-state index in [1.807, 2.05) is 6.92 Å². The van der Waals surface area contributed by atoms with Crippen molar-refractivity contribution in [3.63, 3.8) is 0 Å². The van der Waals surface area contributed by atoms with E-state index < -0.39 is 5.97 Å².